The second kappa shape index (κ2) is 20.5. The largest absolute Gasteiger partial charge is 0.507 e. The lowest BCUT2D eigenvalue weighted by Gasteiger charge is -2.56. The molecular formula is C54H68N12O6. The summed E-state index contributed by atoms with van der Waals surface area (Å²) in [4.78, 5) is 62.7. The molecule has 4 aliphatic heterocycles. The third-order valence-corrected chi connectivity index (χ3v) is 16.6. The number of carbonyl (C=O) groups is 3. The second-order valence-corrected chi connectivity index (χ2v) is 21.6. The van der Waals surface area contributed by atoms with Crippen LogP contribution in [0.4, 0.5) is 23.1 Å². The van der Waals surface area contributed by atoms with Crippen molar-refractivity contribution in [3.63, 3.8) is 0 Å². The van der Waals surface area contributed by atoms with Gasteiger partial charge in [0.25, 0.3) is 0 Å². The third kappa shape index (κ3) is 10.1. The summed E-state index contributed by atoms with van der Waals surface area (Å²) >= 11 is 0. The highest BCUT2D eigenvalue weighted by Crippen LogP contribution is 2.54. The smallest absolute Gasteiger partial charge is 0.246 e. The number of piperazine rings is 2. The maximum atomic E-state index is 14.4. The predicted molar refractivity (Wildman–Crippen MR) is 274 cm³/mol. The molecular weight excluding hydrogens is 913 g/mol. The fraction of sp³-hybridized carbons (Fsp3) is 0.537. The number of nitrogens with one attached hydrogen (secondary N) is 3. The standard InChI is InChI=1S/C54H68N12O6/c1-4-35-9-11-36(12-10-35)29-56-50(71)45-25-41(68)34-66(45)51(72)47(53(2,3)17-24-67)59-49(70)37-13-15-54(16-14-37)27-38(28-54)62-18-20-63(21-19-62)39-30-57-52(58-31-39)64-22-23-65-40(33-64)32-55-48-44(65)26-43(60-61-48)42-7-5-6-8-46(42)69/h1,5-12,26,30-31,37-38,40-41,45,47,67-69H,13-25,27-29,32-34H2,2-3H3,(H,55,61)(H,56,71)(H,59,70)/t37-,38-,40-,41+,45-,47+,54?/m0/s1. The lowest BCUT2D eigenvalue weighted by atomic mass is 9.56. The van der Waals surface area contributed by atoms with Crippen LogP contribution in [0.25, 0.3) is 11.3 Å². The zero-order chi connectivity index (χ0) is 50.1. The van der Waals surface area contributed by atoms with Crippen LogP contribution in [0.3, 0.4) is 0 Å². The molecule has 1 spiro atoms. The van der Waals surface area contributed by atoms with E-state index in [2.05, 4.69) is 51.7 Å². The molecule has 380 valence electrons. The zero-order valence-corrected chi connectivity index (χ0v) is 41.4. The highest BCUT2D eigenvalue weighted by atomic mass is 16.3. The summed E-state index contributed by atoms with van der Waals surface area (Å²) in [6, 6.07) is 15.3. The van der Waals surface area contributed by atoms with E-state index in [4.69, 9.17) is 16.4 Å². The number of terminal acetylenes is 1. The molecule has 6 heterocycles. The number of aliphatic hydroxyl groups excluding tert-OH is 2. The Morgan fingerprint density at radius 3 is 2.35 bits per heavy atom. The third-order valence-electron chi connectivity index (χ3n) is 16.6. The molecule has 0 unspecified atom stereocenters. The lowest BCUT2D eigenvalue weighted by Crippen LogP contribution is -2.60. The Balaban J connectivity index is 0.679. The van der Waals surface area contributed by atoms with Gasteiger partial charge in [-0.1, -0.05) is 44.0 Å². The molecule has 6 aliphatic rings. The minimum absolute atomic E-state index is 0.0173. The van der Waals surface area contributed by atoms with Gasteiger partial charge in [-0.2, -0.15) is 0 Å². The van der Waals surface area contributed by atoms with Crippen molar-refractivity contribution in [2.75, 3.05) is 85.5 Å². The van der Waals surface area contributed by atoms with Crippen molar-refractivity contribution in [1.82, 2.24) is 40.6 Å². The van der Waals surface area contributed by atoms with E-state index in [-0.39, 0.29) is 67.5 Å². The number of hydrogen-bond donors (Lipinski definition) is 6. The number of amides is 3. The van der Waals surface area contributed by atoms with E-state index in [9.17, 15) is 29.7 Å². The number of β-amino-alcohol motifs (C(OH)–C–C–N with tert-alkyl or cyclic N) is 1. The number of phenolic OH excluding ortho intramolecular Hbond substituents is 1. The number of rotatable bonds is 13. The van der Waals surface area contributed by atoms with Crippen molar-refractivity contribution in [3.8, 4) is 29.4 Å². The molecule has 5 fully saturated rings. The van der Waals surface area contributed by atoms with Gasteiger partial charge >= 0.3 is 0 Å². The van der Waals surface area contributed by atoms with Gasteiger partial charge in [0.05, 0.1) is 41.6 Å². The van der Waals surface area contributed by atoms with E-state index in [1.54, 1.807) is 24.3 Å². The summed E-state index contributed by atoms with van der Waals surface area (Å²) in [6.07, 6.45) is 14.6. The number of hydrogen-bond acceptors (Lipinski definition) is 15. The van der Waals surface area contributed by atoms with Gasteiger partial charge in [-0.05, 0) is 91.7 Å². The maximum Gasteiger partial charge on any atom is 0.246 e. The van der Waals surface area contributed by atoms with E-state index in [0.29, 0.717) is 17.3 Å². The summed E-state index contributed by atoms with van der Waals surface area (Å²) in [5.41, 5.74) is 4.32. The average Bonchev–Trinajstić information content (AvgIpc) is 3.80. The van der Waals surface area contributed by atoms with Crippen LogP contribution in [0.5, 0.6) is 5.75 Å². The molecule has 2 aliphatic carbocycles. The molecule has 3 amide bonds. The maximum absolute atomic E-state index is 14.4. The molecule has 2 aromatic heterocycles. The summed E-state index contributed by atoms with van der Waals surface area (Å²) in [5, 5.41) is 49.4. The van der Waals surface area contributed by atoms with Crippen LogP contribution in [-0.2, 0) is 20.9 Å². The van der Waals surface area contributed by atoms with Gasteiger partial charge in [0.15, 0.2) is 5.82 Å². The second-order valence-electron chi connectivity index (χ2n) is 21.6. The Hall–Kier alpha value is -6.55. The van der Waals surface area contributed by atoms with Crippen LogP contribution in [0.1, 0.15) is 76.3 Å². The van der Waals surface area contributed by atoms with Gasteiger partial charge in [0.2, 0.25) is 23.7 Å². The van der Waals surface area contributed by atoms with Crippen LogP contribution >= 0.6 is 0 Å². The molecule has 3 saturated heterocycles. The topological polar surface area (TPSA) is 216 Å². The fourth-order valence-corrected chi connectivity index (χ4v) is 12.2. The number of nitrogens with zero attached hydrogens (tertiary/aromatic N) is 9. The van der Waals surface area contributed by atoms with Crippen LogP contribution in [-0.4, -0.2) is 159 Å². The van der Waals surface area contributed by atoms with Gasteiger partial charge in [-0.15, -0.1) is 16.6 Å². The van der Waals surface area contributed by atoms with Crippen molar-refractivity contribution >= 4 is 40.9 Å². The molecule has 18 nitrogen and oxygen atoms in total. The number of phenols is 1. The Morgan fingerprint density at radius 1 is 0.917 bits per heavy atom. The van der Waals surface area contributed by atoms with Crippen molar-refractivity contribution < 1.29 is 29.7 Å². The molecule has 0 radical (unpaired) electrons. The first-order chi connectivity index (χ1) is 34.8. The molecule has 4 atom stereocenters. The summed E-state index contributed by atoms with van der Waals surface area (Å²) in [5.74, 6) is 3.05. The van der Waals surface area contributed by atoms with E-state index in [1.807, 2.05) is 56.6 Å². The average molecular weight is 981 g/mol. The van der Waals surface area contributed by atoms with Crippen molar-refractivity contribution in [3.05, 3.63) is 78.1 Å². The van der Waals surface area contributed by atoms with Crippen molar-refractivity contribution in [2.24, 2.45) is 16.7 Å². The van der Waals surface area contributed by atoms with Crippen LogP contribution < -0.4 is 30.7 Å². The van der Waals surface area contributed by atoms with Crippen molar-refractivity contribution in [2.45, 2.75) is 102 Å². The fourth-order valence-electron chi connectivity index (χ4n) is 12.2. The lowest BCUT2D eigenvalue weighted by molar-refractivity contribution is -0.145. The summed E-state index contributed by atoms with van der Waals surface area (Å²) < 4.78 is 0. The van der Waals surface area contributed by atoms with Crippen molar-refractivity contribution in [1.29, 1.82) is 0 Å². The number of likely N-dealkylation sites (tertiary alicyclic amines) is 1. The number of aromatic nitrogens is 4. The van der Waals surface area contributed by atoms with E-state index in [1.165, 1.54) is 4.90 Å². The normalized spacial score (nSPS) is 25.6. The first kappa shape index (κ1) is 49.0. The van der Waals surface area contributed by atoms with E-state index in [0.717, 1.165) is 125 Å². The Kier molecular flexibility index (Phi) is 14.0. The van der Waals surface area contributed by atoms with Gasteiger partial charge in [-0.3, -0.25) is 19.3 Å². The molecule has 2 saturated carbocycles. The Bertz CT molecular complexity index is 2640. The SMILES string of the molecule is C#Cc1ccc(CNC(=O)[C@@H]2C[C@@H](O)CN2C(=O)[C@@H](NC(=O)[C@H]2CCC3(CC2)C[C@H](N2CCN(c4cnc(N5CCN6c7cc(-c8ccccc8O)nnc7NC[C@H]6C5)nc4)CC2)C3)C(C)(C)CCO)cc1. The van der Waals surface area contributed by atoms with Crippen LogP contribution in [0.2, 0.25) is 0 Å². The Morgan fingerprint density at radius 2 is 1.64 bits per heavy atom. The number of aliphatic hydroxyl groups is 2. The zero-order valence-electron chi connectivity index (χ0n) is 41.4. The van der Waals surface area contributed by atoms with Crippen LogP contribution in [0.15, 0.2) is 67.0 Å². The number of fused-ring (bicyclic) bond motifs is 3. The quantitative estimate of drug-likeness (QED) is 0.106. The van der Waals surface area contributed by atoms with Crippen LogP contribution in [0, 0.1) is 29.1 Å². The molecule has 10 rings (SSSR count). The number of anilines is 4. The first-order valence-electron chi connectivity index (χ1n) is 25.8. The minimum Gasteiger partial charge on any atom is -0.507 e. The van der Waals surface area contributed by atoms with Gasteiger partial charge in [0.1, 0.15) is 17.8 Å². The van der Waals surface area contributed by atoms with Gasteiger partial charge < -0.3 is 50.9 Å². The predicted octanol–water partition coefficient (Wildman–Crippen LogP) is 3.37. The summed E-state index contributed by atoms with van der Waals surface area (Å²) in [6.45, 7) is 10.6. The molecule has 4 aromatic rings. The number of carbonyl (C=O) groups excluding carboxylic acids is 3. The molecule has 2 aromatic carbocycles. The Labute approximate surface area is 421 Å². The molecule has 0 bridgehead atoms. The van der Waals surface area contributed by atoms with Gasteiger partial charge in [0, 0.05) is 102 Å². The van der Waals surface area contributed by atoms with E-state index < -0.39 is 29.5 Å². The highest BCUT2D eigenvalue weighted by Gasteiger charge is 2.50. The number of benzene rings is 2. The highest BCUT2D eigenvalue weighted by molar-refractivity contribution is 5.93. The number of aromatic hydroxyl groups is 1. The van der Waals surface area contributed by atoms with E-state index >= 15 is 0 Å². The minimum atomic E-state index is -0.985. The first-order valence-corrected chi connectivity index (χ1v) is 25.8. The van der Waals surface area contributed by atoms with Gasteiger partial charge in [-0.25, -0.2) is 9.97 Å². The molecule has 6 N–H and O–H groups in total. The molecule has 18 heteroatoms. The monoisotopic (exact) mass is 981 g/mol. The summed E-state index contributed by atoms with van der Waals surface area (Å²) in [7, 11) is 0. The number of para-hydroxylation sites is 1. The molecule has 72 heavy (non-hydrogen) atoms.